The van der Waals surface area contributed by atoms with Gasteiger partial charge in [0, 0.05) is 13.8 Å². The molecule has 0 radical (unpaired) electrons. The summed E-state index contributed by atoms with van der Waals surface area (Å²) in [6.45, 7) is 3.77. The maximum absolute atomic E-state index is 10.5. The van der Waals surface area contributed by atoms with Crippen molar-refractivity contribution in [2.45, 2.75) is 20.3 Å². The van der Waals surface area contributed by atoms with E-state index in [-0.39, 0.29) is 5.76 Å². The van der Waals surface area contributed by atoms with Gasteiger partial charge in [0.05, 0.1) is 17.3 Å². The van der Waals surface area contributed by atoms with E-state index in [0.29, 0.717) is 0 Å². The highest BCUT2D eigenvalue weighted by Crippen LogP contribution is 2.30. The lowest BCUT2D eigenvalue weighted by Gasteiger charge is -2.20. The van der Waals surface area contributed by atoms with Crippen LogP contribution in [0.1, 0.15) is 20.3 Å². The second-order valence-corrected chi connectivity index (χ2v) is 2.07. The van der Waals surface area contributed by atoms with E-state index >= 15 is 0 Å². The Hall–Kier alpha value is -0.590. The lowest BCUT2D eigenvalue weighted by atomic mass is 9.87. The van der Waals surface area contributed by atoms with E-state index in [1.807, 2.05) is 13.8 Å². The molecule has 1 nitrogen and oxygen atoms in total. The summed E-state index contributed by atoms with van der Waals surface area (Å²) in [4.78, 5) is 0. The molecule has 0 spiro atoms. The van der Waals surface area contributed by atoms with Crippen molar-refractivity contribution in [2.24, 2.45) is 0 Å². The van der Waals surface area contributed by atoms with Crippen LogP contribution in [0, 0.1) is 5.92 Å². The third kappa shape index (κ3) is 0.483. The van der Waals surface area contributed by atoms with Crippen LogP contribution >= 0.6 is 0 Å². The number of allylic oxidation sites excluding steroid dienone is 2. The van der Waals surface area contributed by atoms with Crippen LogP contribution in [-0.4, -0.2) is 0 Å². The standard InChI is InChI=1S/C6H8O/c1-4-3-5(2)6(4)7/h3H2,1-2H3. The molecule has 0 aliphatic heterocycles. The van der Waals surface area contributed by atoms with Crippen molar-refractivity contribution < 1.29 is 5.11 Å². The fraction of sp³-hybridized carbons (Fsp3) is 0.500. The van der Waals surface area contributed by atoms with Gasteiger partial charge < -0.3 is 5.11 Å². The molecule has 1 rings (SSSR count). The zero-order valence-corrected chi connectivity index (χ0v) is 4.62. The van der Waals surface area contributed by atoms with Crippen LogP contribution in [0.3, 0.4) is 0 Å². The monoisotopic (exact) mass is 96.1 g/mol. The minimum Gasteiger partial charge on any atom is -0.841 e. The van der Waals surface area contributed by atoms with Gasteiger partial charge in [0.15, 0.2) is 0 Å². The molecule has 7 heavy (non-hydrogen) atoms. The summed E-state index contributed by atoms with van der Waals surface area (Å²) in [6.07, 6.45) is 0.943. The summed E-state index contributed by atoms with van der Waals surface area (Å²) in [7, 11) is 0. The fourth-order valence-corrected chi connectivity index (χ4v) is 0.816. The number of hydrogen-bond donors (Lipinski definition) is 0. The maximum Gasteiger partial charge on any atom is 0.118 e. The molecule has 0 amide bonds. The zero-order valence-electron chi connectivity index (χ0n) is 4.62. The van der Waals surface area contributed by atoms with E-state index in [9.17, 15) is 5.11 Å². The Kier molecular flexibility index (Phi) is 0.775. The molecule has 0 saturated carbocycles. The van der Waals surface area contributed by atoms with Gasteiger partial charge in [-0.2, -0.15) is 0 Å². The largest absolute Gasteiger partial charge is 0.841 e. The predicted molar refractivity (Wildman–Crippen MR) is 26.2 cm³/mol. The van der Waals surface area contributed by atoms with Crippen molar-refractivity contribution >= 4 is 0 Å². The molecule has 1 aliphatic rings. The van der Waals surface area contributed by atoms with E-state index in [1.54, 1.807) is 0 Å². The minimum atomic E-state index is 0.278. The Balaban J connectivity index is 2.65. The molecule has 0 aromatic rings. The summed E-state index contributed by atoms with van der Waals surface area (Å²) < 4.78 is 0. The molecule has 0 aromatic heterocycles. The molecule has 0 heterocycles. The molecule has 0 aromatic carbocycles. The van der Waals surface area contributed by atoms with E-state index in [0.717, 1.165) is 17.9 Å². The van der Waals surface area contributed by atoms with E-state index < -0.39 is 0 Å². The van der Waals surface area contributed by atoms with E-state index in [2.05, 4.69) is 0 Å². The Morgan fingerprint density at radius 1 is 1.71 bits per heavy atom. The molecular weight excluding hydrogens is 88.1 g/mol. The summed E-state index contributed by atoms with van der Waals surface area (Å²) in [5, 5.41) is 10.5. The van der Waals surface area contributed by atoms with Gasteiger partial charge in [-0.1, -0.05) is 0 Å². The molecule has 1 heteroatoms. The maximum atomic E-state index is 10.5. The first-order valence-electron chi connectivity index (χ1n) is 2.41. The van der Waals surface area contributed by atoms with Crippen LogP contribution in [0.5, 0.6) is 0 Å². The van der Waals surface area contributed by atoms with Crippen molar-refractivity contribution in [3.05, 3.63) is 17.3 Å². The highest BCUT2D eigenvalue weighted by molar-refractivity contribution is 5.33. The van der Waals surface area contributed by atoms with Crippen LogP contribution in [0.25, 0.3) is 0 Å². The lowest BCUT2D eigenvalue weighted by molar-refractivity contribution is -0.308. The van der Waals surface area contributed by atoms with Gasteiger partial charge >= 0.3 is 0 Å². The van der Waals surface area contributed by atoms with Gasteiger partial charge in [0.25, 0.3) is 0 Å². The van der Waals surface area contributed by atoms with Gasteiger partial charge in [-0.05, 0) is 0 Å². The molecule has 0 N–H and O–H groups in total. The average Bonchev–Trinajstić information content (AvgIpc) is 1.68. The van der Waals surface area contributed by atoms with Crippen molar-refractivity contribution in [1.82, 2.24) is 0 Å². The summed E-state index contributed by atoms with van der Waals surface area (Å²) in [5.74, 6) is 1.29. The second-order valence-electron chi connectivity index (χ2n) is 2.07. The molecule has 1 aliphatic carbocycles. The van der Waals surface area contributed by atoms with Gasteiger partial charge in [0.1, 0.15) is 6.42 Å². The normalized spacial score (nSPS) is 20.0. The topological polar surface area (TPSA) is 23.1 Å². The highest BCUT2D eigenvalue weighted by Gasteiger charge is 2.25. The van der Waals surface area contributed by atoms with Crippen LogP contribution in [-0.2, 0) is 0 Å². The van der Waals surface area contributed by atoms with Crippen molar-refractivity contribution in [3.63, 3.8) is 0 Å². The summed E-state index contributed by atoms with van der Waals surface area (Å²) in [6, 6.07) is 0. The Morgan fingerprint density at radius 3 is 2.29 bits per heavy atom. The number of rotatable bonds is 0. The van der Waals surface area contributed by atoms with Crippen LogP contribution in [0.2, 0.25) is 0 Å². The van der Waals surface area contributed by atoms with Crippen molar-refractivity contribution in [3.8, 4) is 0 Å². The van der Waals surface area contributed by atoms with Crippen molar-refractivity contribution in [1.29, 1.82) is 0 Å². The van der Waals surface area contributed by atoms with Gasteiger partial charge in [-0.15, -0.1) is 0 Å². The van der Waals surface area contributed by atoms with Crippen LogP contribution < -0.4 is 5.11 Å². The third-order valence-electron chi connectivity index (χ3n) is 1.31. The summed E-state index contributed by atoms with van der Waals surface area (Å²) >= 11 is 0. The zero-order chi connectivity index (χ0) is 5.44. The predicted octanol–water partition coefficient (Wildman–Crippen LogP) is 0.619. The van der Waals surface area contributed by atoms with Crippen LogP contribution in [0.4, 0.5) is 0 Å². The minimum absolute atomic E-state index is 0.278. The molecule has 0 bridgehead atoms. The quantitative estimate of drug-likeness (QED) is 0.405. The van der Waals surface area contributed by atoms with Gasteiger partial charge in [0.2, 0.25) is 0 Å². The lowest BCUT2D eigenvalue weighted by Crippen LogP contribution is -2.22. The molecule has 0 fully saturated rings. The number of hydrogen-bond acceptors (Lipinski definition) is 1. The van der Waals surface area contributed by atoms with Crippen molar-refractivity contribution in [2.75, 3.05) is 0 Å². The van der Waals surface area contributed by atoms with E-state index in [4.69, 9.17) is 0 Å². The molecule has 0 unspecified atom stereocenters. The van der Waals surface area contributed by atoms with Gasteiger partial charge in [-0.3, -0.25) is 0 Å². The first-order valence-corrected chi connectivity index (χ1v) is 2.41. The first kappa shape index (κ1) is 4.57. The third-order valence-corrected chi connectivity index (χ3v) is 1.31. The molecule has 38 valence electrons. The SMILES string of the molecule is CC1=C([O-])[C+](C)C1. The van der Waals surface area contributed by atoms with Crippen LogP contribution in [0.15, 0.2) is 11.3 Å². The molecular formula is C6H8O. The Morgan fingerprint density at radius 2 is 2.29 bits per heavy atom. The summed E-state index contributed by atoms with van der Waals surface area (Å²) in [5.41, 5.74) is 1.01. The fourth-order valence-electron chi connectivity index (χ4n) is 0.816. The molecule has 0 saturated heterocycles. The van der Waals surface area contributed by atoms with Gasteiger partial charge in [-0.25, -0.2) is 0 Å². The van der Waals surface area contributed by atoms with E-state index in [1.165, 1.54) is 0 Å². The molecule has 0 atom stereocenters. The first-order chi connectivity index (χ1) is 3.22. The highest BCUT2D eigenvalue weighted by atomic mass is 16.3. The average molecular weight is 96.1 g/mol. The smallest absolute Gasteiger partial charge is 0.118 e. The Labute approximate surface area is 43.7 Å². The second kappa shape index (κ2) is 1.19. The Bertz CT molecular complexity index is 113.